The highest BCUT2D eigenvalue weighted by molar-refractivity contribution is 7.92. The van der Waals surface area contributed by atoms with E-state index in [1.807, 2.05) is 39.1 Å². The number of aliphatic hydroxyl groups excluding tert-OH is 1. The van der Waals surface area contributed by atoms with E-state index in [-0.39, 0.29) is 53.6 Å². The number of fused-ring (bicyclic) bond motifs is 2. The number of amides is 1. The average molecular weight is 712 g/mol. The molecule has 2 N–H and O–H groups in total. The Kier molecular flexibility index (Phi) is 12.5. The Bertz CT molecular complexity index is 1700. The minimum atomic E-state index is -3.98. The van der Waals surface area contributed by atoms with Crippen LogP contribution in [0.5, 0.6) is 23.0 Å². The van der Waals surface area contributed by atoms with Crippen molar-refractivity contribution in [3.63, 3.8) is 0 Å². The molecule has 5 rings (SSSR count). The van der Waals surface area contributed by atoms with Gasteiger partial charge in [0.1, 0.15) is 11.5 Å². The van der Waals surface area contributed by atoms with Crippen LogP contribution in [0.15, 0.2) is 65.6 Å². The first-order valence-corrected chi connectivity index (χ1v) is 18.5. The number of nitrogens with zero attached hydrogens (tertiary/aromatic N) is 2. The number of rotatable bonds is 10. The maximum absolute atomic E-state index is 14.5. The number of methoxy groups -OCH3 is 1. The van der Waals surface area contributed by atoms with E-state index in [9.17, 15) is 18.3 Å². The van der Waals surface area contributed by atoms with Crippen molar-refractivity contribution in [2.75, 3.05) is 52.0 Å². The molecule has 0 fully saturated rings. The number of nitrogens with one attached hydrogen (secondary N) is 1. The number of likely N-dealkylation sites (N-methyl/N-ethyl adjacent to an activating group) is 1. The van der Waals surface area contributed by atoms with Gasteiger partial charge in [-0.05, 0) is 100 Å². The minimum absolute atomic E-state index is 0.0495. The standard InChI is InChI=1S/C37H49N3O9S/c1-25-20-40(26(2)23-41)37(42)32-19-29(38-50(43,44)31-13-11-30(45-5)12-14-31)10-16-33(32)49-27(3)8-6-7-17-46-36(25)22-39(4)21-28-9-15-34-35(18-28)48-24-47-34/h9-16,18-19,25-27,36,38,41H,6-8,17,20-24H2,1-5H3/t25-,26+,27+,36-/m1/s1. The van der Waals surface area contributed by atoms with Crippen molar-refractivity contribution < 1.29 is 42.0 Å². The normalized spacial score (nSPS) is 20.8. The molecule has 4 atom stereocenters. The second-order valence-corrected chi connectivity index (χ2v) is 14.9. The van der Waals surface area contributed by atoms with Gasteiger partial charge in [-0.1, -0.05) is 13.0 Å². The molecule has 3 aromatic carbocycles. The number of benzene rings is 3. The van der Waals surface area contributed by atoms with Crippen LogP contribution >= 0.6 is 0 Å². The van der Waals surface area contributed by atoms with Gasteiger partial charge < -0.3 is 33.7 Å². The van der Waals surface area contributed by atoms with Crippen LogP contribution in [0, 0.1) is 5.92 Å². The molecule has 0 saturated carbocycles. The first-order chi connectivity index (χ1) is 24.0. The molecule has 0 aromatic heterocycles. The third kappa shape index (κ3) is 9.39. The molecule has 3 aromatic rings. The summed E-state index contributed by atoms with van der Waals surface area (Å²) in [6.45, 7) is 7.88. The number of hydrogen-bond acceptors (Lipinski definition) is 10. The van der Waals surface area contributed by atoms with Crippen molar-refractivity contribution in [1.29, 1.82) is 0 Å². The van der Waals surface area contributed by atoms with Gasteiger partial charge in [0.25, 0.3) is 15.9 Å². The number of anilines is 1. The zero-order chi connectivity index (χ0) is 35.8. The van der Waals surface area contributed by atoms with Gasteiger partial charge in [0, 0.05) is 37.8 Å². The summed E-state index contributed by atoms with van der Waals surface area (Å²) < 4.78 is 58.2. The molecule has 2 heterocycles. The van der Waals surface area contributed by atoms with E-state index in [0.29, 0.717) is 37.7 Å². The summed E-state index contributed by atoms with van der Waals surface area (Å²) in [4.78, 5) is 18.3. The van der Waals surface area contributed by atoms with Gasteiger partial charge in [-0.3, -0.25) is 14.4 Å². The summed E-state index contributed by atoms with van der Waals surface area (Å²) in [5, 5.41) is 10.3. The lowest BCUT2D eigenvalue weighted by Crippen LogP contribution is -2.47. The van der Waals surface area contributed by atoms with Crippen LogP contribution in [0.1, 0.15) is 56.0 Å². The highest BCUT2D eigenvalue weighted by Gasteiger charge is 2.31. The molecule has 13 heteroatoms. The van der Waals surface area contributed by atoms with Crippen LogP contribution in [0.2, 0.25) is 0 Å². The van der Waals surface area contributed by atoms with Gasteiger partial charge in [-0.2, -0.15) is 0 Å². The topological polar surface area (TPSA) is 136 Å². The highest BCUT2D eigenvalue weighted by Crippen LogP contribution is 2.33. The van der Waals surface area contributed by atoms with Crippen molar-refractivity contribution in [1.82, 2.24) is 9.80 Å². The van der Waals surface area contributed by atoms with Gasteiger partial charge in [-0.15, -0.1) is 0 Å². The van der Waals surface area contributed by atoms with Crippen LogP contribution in [-0.4, -0.2) is 94.7 Å². The molecule has 0 unspecified atom stereocenters. The molecular weight excluding hydrogens is 662 g/mol. The fraction of sp³-hybridized carbons (Fsp3) is 0.486. The summed E-state index contributed by atoms with van der Waals surface area (Å²) in [7, 11) is -0.432. The smallest absolute Gasteiger partial charge is 0.261 e. The van der Waals surface area contributed by atoms with E-state index < -0.39 is 16.1 Å². The quantitative estimate of drug-likeness (QED) is 0.291. The number of carbonyl (C=O) groups excluding carboxylic acids is 1. The Morgan fingerprint density at radius 3 is 2.50 bits per heavy atom. The molecule has 0 radical (unpaired) electrons. The van der Waals surface area contributed by atoms with Crippen molar-refractivity contribution in [3.8, 4) is 23.0 Å². The molecule has 2 aliphatic rings. The van der Waals surface area contributed by atoms with Crippen LogP contribution in [0.25, 0.3) is 0 Å². The van der Waals surface area contributed by atoms with E-state index in [2.05, 4.69) is 9.62 Å². The maximum atomic E-state index is 14.5. The number of ether oxygens (including phenoxy) is 5. The fourth-order valence-corrected chi connectivity index (χ4v) is 7.19. The third-order valence-corrected chi connectivity index (χ3v) is 10.5. The lowest BCUT2D eigenvalue weighted by Gasteiger charge is -2.36. The molecule has 0 aliphatic carbocycles. The molecular formula is C37H49N3O9S. The molecule has 272 valence electrons. The maximum Gasteiger partial charge on any atom is 0.261 e. The van der Waals surface area contributed by atoms with Crippen molar-refractivity contribution in [2.45, 2.75) is 69.7 Å². The summed E-state index contributed by atoms with van der Waals surface area (Å²) in [5.41, 5.74) is 1.50. The SMILES string of the molecule is COc1ccc(S(=O)(=O)Nc2ccc3c(c2)C(=O)N([C@@H](C)CO)C[C@@H](C)[C@@H](CN(C)Cc2ccc4c(c2)OCO4)OCCCC[C@H](C)O3)cc1. The van der Waals surface area contributed by atoms with Crippen LogP contribution in [0.4, 0.5) is 5.69 Å². The molecule has 2 aliphatic heterocycles. The van der Waals surface area contributed by atoms with Gasteiger partial charge in [0.05, 0.1) is 42.4 Å². The van der Waals surface area contributed by atoms with Gasteiger partial charge in [0.2, 0.25) is 6.79 Å². The Labute approximate surface area is 295 Å². The lowest BCUT2D eigenvalue weighted by molar-refractivity contribution is -0.0177. The lowest BCUT2D eigenvalue weighted by atomic mass is 10.0. The van der Waals surface area contributed by atoms with Crippen LogP contribution in [-0.2, 0) is 21.3 Å². The Morgan fingerprint density at radius 1 is 1.02 bits per heavy atom. The number of sulfonamides is 1. The molecule has 50 heavy (non-hydrogen) atoms. The summed E-state index contributed by atoms with van der Waals surface area (Å²) >= 11 is 0. The molecule has 0 spiro atoms. The Morgan fingerprint density at radius 2 is 1.76 bits per heavy atom. The third-order valence-electron chi connectivity index (χ3n) is 9.05. The van der Waals surface area contributed by atoms with E-state index in [1.165, 1.54) is 25.3 Å². The molecule has 12 nitrogen and oxygen atoms in total. The van der Waals surface area contributed by atoms with E-state index in [1.54, 1.807) is 36.1 Å². The number of aliphatic hydroxyl groups is 1. The zero-order valence-corrected chi connectivity index (χ0v) is 30.3. The molecule has 1 amide bonds. The van der Waals surface area contributed by atoms with Crippen molar-refractivity contribution >= 4 is 21.6 Å². The van der Waals surface area contributed by atoms with Crippen LogP contribution < -0.4 is 23.7 Å². The van der Waals surface area contributed by atoms with E-state index in [4.69, 9.17) is 23.7 Å². The second-order valence-electron chi connectivity index (χ2n) is 13.2. The molecule has 0 saturated heterocycles. The number of carbonyl (C=O) groups is 1. The monoisotopic (exact) mass is 711 g/mol. The van der Waals surface area contributed by atoms with E-state index >= 15 is 0 Å². The molecule has 0 bridgehead atoms. The Balaban J connectivity index is 1.40. The summed E-state index contributed by atoms with van der Waals surface area (Å²) in [5.74, 6) is 1.87. The second kappa shape index (κ2) is 16.8. The van der Waals surface area contributed by atoms with E-state index in [0.717, 1.165) is 36.3 Å². The van der Waals surface area contributed by atoms with Gasteiger partial charge in [-0.25, -0.2) is 8.42 Å². The minimum Gasteiger partial charge on any atom is -0.497 e. The first kappa shape index (κ1) is 37.2. The largest absolute Gasteiger partial charge is 0.497 e. The summed E-state index contributed by atoms with van der Waals surface area (Å²) in [6, 6.07) is 16.2. The zero-order valence-electron chi connectivity index (χ0n) is 29.5. The van der Waals surface area contributed by atoms with Crippen molar-refractivity contribution in [3.05, 3.63) is 71.8 Å². The Hall–Kier alpha value is -4.04. The predicted octanol–water partition coefficient (Wildman–Crippen LogP) is 5.15. The van der Waals surface area contributed by atoms with Crippen molar-refractivity contribution in [2.24, 2.45) is 5.92 Å². The summed E-state index contributed by atoms with van der Waals surface area (Å²) in [6.07, 6.45) is 2.03. The van der Waals surface area contributed by atoms with Crippen LogP contribution in [0.3, 0.4) is 0 Å². The van der Waals surface area contributed by atoms with Gasteiger partial charge >= 0.3 is 0 Å². The average Bonchev–Trinajstić information content (AvgIpc) is 3.57. The van der Waals surface area contributed by atoms with Gasteiger partial charge in [0.15, 0.2) is 11.5 Å². The first-order valence-electron chi connectivity index (χ1n) is 17.1. The number of hydrogen-bond donors (Lipinski definition) is 2. The highest BCUT2D eigenvalue weighted by atomic mass is 32.2. The predicted molar refractivity (Wildman–Crippen MR) is 190 cm³/mol. The fourth-order valence-electron chi connectivity index (χ4n) is 6.14.